The first-order valence-electron chi connectivity index (χ1n) is 13.1. The molecule has 2 saturated heterocycles. The van der Waals surface area contributed by atoms with Crippen LogP contribution in [0.5, 0.6) is 0 Å². The number of aryl methyl sites for hydroxylation is 2. The van der Waals surface area contributed by atoms with E-state index >= 15 is 0 Å². The van der Waals surface area contributed by atoms with Gasteiger partial charge in [-0.1, -0.05) is 19.9 Å². The summed E-state index contributed by atoms with van der Waals surface area (Å²) >= 11 is 0. The van der Waals surface area contributed by atoms with Gasteiger partial charge in [-0.15, -0.1) is 0 Å². The molecule has 2 atom stereocenters. The van der Waals surface area contributed by atoms with Crippen LogP contribution in [0, 0.1) is 13.8 Å². The number of benzene rings is 1. The molecule has 3 aromatic rings. The lowest BCUT2D eigenvalue weighted by Crippen LogP contribution is -2.53. The molecule has 0 saturated carbocycles. The van der Waals surface area contributed by atoms with Gasteiger partial charge in [-0.2, -0.15) is 0 Å². The zero-order valence-electron chi connectivity index (χ0n) is 21.5. The standard InChI is InChI=1S/C29H40N4O/c1-19(2)28-26-17-23(8-9-27(26)31-29(28)25-15-20(3)30-21(4)16-25)24-7-6-10-33(18-24)22(5)32-11-13-34-14-12-32/h8-9,15-17,19,22,24,31H,6-7,10-14,18H2,1-5H3. The third-order valence-electron chi connectivity index (χ3n) is 7.84. The van der Waals surface area contributed by atoms with Crippen LogP contribution in [-0.2, 0) is 4.74 Å². The number of ether oxygens (including phenoxy) is 1. The number of morpholine rings is 1. The second kappa shape index (κ2) is 9.80. The van der Waals surface area contributed by atoms with E-state index in [4.69, 9.17) is 4.74 Å². The van der Waals surface area contributed by atoms with Crippen LogP contribution < -0.4 is 0 Å². The second-order valence-corrected chi connectivity index (χ2v) is 10.6. The number of rotatable bonds is 5. The first-order chi connectivity index (χ1) is 16.4. The number of likely N-dealkylation sites (tertiary alicyclic amines) is 1. The summed E-state index contributed by atoms with van der Waals surface area (Å²) in [6, 6.07) is 11.6. The number of pyridine rings is 1. The molecule has 5 rings (SSSR count). The van der Waals surface area contributed by atoms with Crippen LogP contribution >= 0.6 is 0 Å². The number of nitrogens with zero attached hydrogens (tertiary/aromatic N) is 3. The molecule has 1 N–H and O–H groups in total. The van der Waals surface area contributed by atoms with Crippen molar-refractivity contribution < 1.29 is 4.74 Å². The highest BCUT2D eigenvalue weighted by Gasteiger charge is 2.29. The zero-order chi connectivity index (χ0) is 23.8. The van der Waals surface area contributed by atoms with Crippen LogP contribution in [0.25, 0.3) is 22.2 Å². The molecule has 0 bridgehead atoms. The SMILES string of the molecule is Cc1cc(-c2[nH]c3ccc(C4CCCN(C(C)N5CCOCC5)C4)cc3c2C(C)C)cc(C)n1. The molecule has 34 heavy (non-hydrogen) atoms. The van der Waals surface area contributed by atoms with E-state index in [9.17, 15) is 0 Å². The van der Waals surface area contributed by atoms with Crippen LogP contribution in [0.4, 0.5) is 0 Å². The van der Waals surface area contributed by atoms with Crippen molar-refractivity contribution in [3.63, 3.8) is 0 Å². The minimum Gasteiger partial charge on any atom is -0.379 e. The Labute approximate surface area is 204 Å². The topological polar surface area (TPSA) is 44.4 Å². The number of nitrogens with one attached hydrogen (secondary N) is 1. The summed E-state index contributed by atoms with van der Waals surface area (Å²) in [7, 11) is 0. The highest BCUT2D eigenvalue weighted by Crippen LogP contribution is 2.38. The summed E-state index contributed by atoms with van der Waals surface area (Å²) in [6.07, 6.45) is 3.02. The van der Waals surface area contributed by atoms with Crippen molar-refractivity contribution >= 4 is 10.9 Å². The van der Waals surface area contributed by atoms with Gasteiger partial charge in [-0.05, 0) is 87.4 Å². The van der Waals surface area contributed by atoms with E-state index in [1.54, 1.807) is 0 Å². The number of aromatic nitrogens is 2. The molecule has 4 heterocycles. The zero-order valence-corrected chi connectivity index (χ0v) is 21.5. The lowest BCUT2D eigenvalue weighted by molar-refractivity contribution is -0.0337. The van der Waals surface area contributed by atoms with E-state index in [1.165, 1.54) is 52.7 Å². The van der Waals surface area contributed by atoms with Crippen LogP contribution in [0.15, 0.2) is 30.3 Å². The van der Waals surface area contributed by atoms with Crippen LogP contribution in [0.3, 0.4) is 0 Å². The monoisotopic (exact) mass is 460 g/mol. The molecule has 2 fully saturated rings. The van der Waals surface area contributed by atoms with Crippen molar-refractivity contribution in [2.75, 3.05) is 39.4 Å². The largest absolute Gasteiger partial charge is 0.379 e. The van der Waals surface area contributed by atoms with Crippen LogP contribution in [-0.4, -0.2) is 65.3 Å². The number of H-pyrrole nitrogens is 1. The van der Waals surface area contributed by atoms with Gasteiger partial charge >= 0.3 is 0 Å². The molecule has 2 unspecified atom stereocenters. The lowest BCUT2D eigenvalue weighted by atomic mass is 9.88. The summed E-state index contributed by atoms with van der Waals surface area (Å²) in [6.45, 7) is 17.3. The highest BCUT2D eigenvalue weighted by molar-refractivity contribution is 5.92. The van der Waals surface area contributed by atoms with Gasteiger partial charge < -0.3 is 9.72 Å². The molecular weight excluding hydrogens is 420 g/mol. The predicted octanol–water partition coefficient (Wildman–Crippen LogP) is 5.83. The van der Waals surface area contributed by atoms with Gasteiger partial charge in [0.05, 0.1) is 25.1 Å². The third-order valence-corrected chi connectivity index (χ3v) is 7.84. The van der Waals surface area contributed by atoms with E-state index in [0.717, 1.165) is 44.2 Å². The third kappa shape index (κ3) is 4.66. The van der Waals surface area contributed by atoms with E-state index in [0.29, 0.717) is 18.0 Å². The first-order valence-corrected chi connectivity index (χ1v) is 13.1. The van der Waals surface area contributed by atoms with Gasteiger partial charge in [0.1, 0.15) is 0 Å². The Balaban J connectivity index is 1.46. The lowest BCUT2D eigenvalue weighted by Gasteiger charge is -2.43. The quantitative estimate of drug-likeness (QED) is 0.520. The molecule has 0 spiro atoms. The fourth-order valence-corrected chi connectivity index (χ4v) is 6.09. The average Bonchev–Trinajstić information content (AvgIpc) is 3.23. The van der Waals surface area contributed by atoms with Gasteiger partial charge in [0.2, 0.25) is 0 Å². The summed E-state index contributed by atoms with van der Waals surface area (Å²) in [5, 5.41) is 1.38. The number of fused-ring (bicyclic) bond motifs is 1. The van der Waals surface area contributed by atoms with Crippen LogP contribution in [0.2, 0.25) is 0 Å². The summed E-state index contributed by atoms with van der Waals surface area (Å²) < 4.78 is 5.58. The second-order valence-electron chi connectivity index (χ2n) is 10.6. The Kier molecular flexibility index (Phi) is 6.79. The van der Waals surface area contributed by atoms with E-state index in [-0.39, 0.29) is 0 Å². The Hall–Kier alpha value is -2.21. The van der Waals surface area contributed by atoms with E-state index in [1.807, 2.05) is 0 Å². The molecule has 2 aromatic heterocycles. The van der Waals surface area contributed by atoms with Crippen molar-refractivity contribution in [3.05, 3.63) is 52.8 Å². The summed E-state index contributed by atoms with van der Waals surface area (Å²) in [5.74, 6) is 1.03. The number of hydrogen-bond donors (Lipinski definition) is 1. The number of aromatic amines is 1. The Bertz CT molecular complexity index is 1120. The normalized spacial score (nSPS) is 21.4. The molecule has 0 aliphatic carbocycles. The van der Waals surface area contributed by atoms with Gasteiger partial charge in [0, 0.05) is 47.5 Å². The first kappa shape index (κ1) is 23.5. The Morgan fingerprint density at radius 3 is 2.41 bits per heavy atom. The summed E-state index contributed by atoms with van der Waals surface area (Å²) in [4.78, 5) is 13.6. The van der Waals surface area contributed by atoms with Crippen molar-refractivity contribution in [1.29, 1.82) is 0 Å². The van der Waals surface area contributed by atoms with E-state index < -0.39 is 0 Å². The predicted molar refractivity (Wildman–Crippen MR) is 140 cm³/mol. The van der Waals surface area contributed by atoms with Crippen LogP contribution in [0.1, 0.15) is 68.0 Å². The van der Waals surface area contributed by atoms with Gasteiger partial charge in [0.15, 0.2) is 0 Å². The maximum absolute atomic E-state index is 5.58. The molecule has 5 heteroatoms. The van der Waals surface area contributed by atoms with Crippen molar-refractivity contribution in [1.82, 2.24) is 19.8 Å². The van der Waals surface area contributed by atoms with Gasteiger partial charge in [-0.25, -0.2) is 0 Å². The molecule has 2 aliphatic rings. The maximum atomic E-state index is 5.58. The van der Waals surface area contributed by atoms with Gasteiger partial charge in [-0.3, -0.25) is 14.8 Å². The molecule has 2 aliphatic heterocycles. The minimum absolute atomic E-state index is 0.442. The Morgan fingerprint density at radius 2 is 1.71 bits per heavy atom. The summed E-state index contributed by atoms with van der Waals surface area (Å²) in [5.41, 5.74) is 8.79. The fraction of sp³-hybridized carbons (Fsp3) is 0.552. The smallest absolute Gasteiger partial charge is 0.0595 e. The molecule has 1 aromatic carbocycles. The molecule has 0 amide bonds. The van der Waals surface area contributed by atoms with Crippen molar-refractivity contribution in [2.45, 2.75) is 65.5 Å². The minimum atomic E-state index is 0.442. The fourth-order valence-electron chi connectivity index (χ4n) is 6.09. The highest BCUT2D eigenvalue weighted by atomic mass is 16.5. The van der Waals surface area contributed by atoms with Crippen molar-refractivity contribution in [2.24, 2.45) is 0 Å². The molecule has 0 radical (unpaired) electrons. The van der Waals surface area contributed by atoms with Gasteiger partial charge in [0.25, 0.3) is 0 Å². The number of piperidine rings is 1. The Morgan fingerprint density at radius 1 is 0.971 bits per heavy atom. The molecular formula is C29H40N4O. The van der Waals surface area contributed by atoms with E-state index in [2.05, 4.69) is 84.7 Å². The average molecular weight is 461 g/mol. The number of hydrogen-bond acceptors (Lipinski definition) is 4. The van der Waals surface area contributed by atoms with Crippen molar-refractivity contribution in [3.8, 4) is 11.3 Å². The maximum Gasteiger partial charge on any atom is 0.0595 e. The molecule has 182 valence electrons. The molecule has 5 nitrogen and oxygen atoms in total.